The Balaban J connectivity index is 1.44. The van der Waals surface area contributed by atoms with Crippen LogP contribution >= 0.6 is 0 Å². The van der Waals surface area contributed by atoms with Gasteiger partial charge in [-0.05, 0) is 36.5 Å². The average Bonchev–Trinajstić information content (AvgIpc) is 3.30. The normalized spacial score (nSPS) is 20.8. The molecule has 0 radical (unpaired) electrons. The molecule has 1 N–H and O–H groups in total. The van der Waals surface area contributed by atoms with Crippen molar-refractivity contribution < 1.29 is 19.4 Å². The third kappa shape index (κ3) is 3.91. The maximum Gasteiger partial charge on any atom is 0.327 e. The highest BCUT2D eigenvalue weighted by molar-refractivity contribution is 6.04. The van der Waals surface area contributed by atoms with Gasteiger partial charge >= 0.3 is 6.03 Å². The minimum absolute atomic E-state index is 0.0234. The molecule has 152 valence electrons. The molecule has 0 aliphatic carbocycles. The fraction of sp³-hybridized carbons (Fsp3) is 0.391. The van der Waals surface area contributed by atoms with E-state index in [0.717, 1.165) is 23.1 Å². The van der Waals surface area contributed by atoms with Crippen LogP contribution in [0.15, 0.2) is 54.6 Å². The van der Waals surface area contributed by atoms with Crippen LogP contribution in [0.2, 0.25) is 0 Å². The molecule has 3 amide bonds. The van der Waals surface area contributed by atoms with Crippen molar-refractivity contribution in [2.24, 2.45) is 0 Å². The van der Waals surface area contributed by atoms with Crippen molar-refractivity contribution in [1.29, 1.82) is 0 Å². The van der Waals surface area contributed by atoms with Gasteiger partial charge in [-0.1, -0.05) is 54.6 Å². The fourth-order valence-electron chi connectivity index (χ4n) is 4.19. The molecule has 6 nitrogen and oxygen atoms in total. The zero-order valence-electron chi connectivity index (χ0n) is 16.5. The van der Waals surface area contributed by atoms with Crippen LogP contribution in [0.3, 0.4) is 0 Å². The van der Waals surface area contributed by atoms with Gasteiger partial charge in [0.05, 0.1) is 19.3 Å². The first-order chi connectivity index (χ1) is 14.1. The van der Waals surface area contributed by atoms with Gasteiger partial charge in [0.2, 0.25) is 0 Å². The molecule has 0 aromatic heterocycles. The van der Waals surface area contributed by atoms with E-state index in [-0.39, 0.29) is 37.2 Å². The number of ether oxygens (including phenoxy) is 1. The van der Waals surface area contributed by atoms with E-state index < -0.39 is 6.10 Å². The third-order valence-electron chi connectivity index (χ3n) is 5.70. The van der Waals surface area contributed by atoms with Crippen molar-refractivity contribution in [1.82, 2.24) is 9.80 Å². The van der Waals surface area contributed by atoms with E-state index >= 15 is 0 Å². The SMILES string of the molecule is Cc1ccccc1[C@H](OC[C@H](O)CN1C(=O)[C@@H]2CCCN2C1=O)c1ccccc1. The molecule has 0 spiro atoms. The lowest BCUT2D eigenvalue weighted by Gasteiger charge is -2.24. The molecule has 2 aromatic rings. The lowest BCUT2D eigenvalue weighted by Crippen LogP contribution is -2.40. The molecule has 2 aliphatic heterocycles. The van der Waals surface area contributed by atoms with Crippen molar-refractivity contribution in [2.75, 3.05) is 19.7 Å². The number of aliphatic hydroxyl groups is 1. The maximum atomic E-state index is 12.5. The number of hydrogen-bond donors (Lipinski definition) is 1. The molecule has 2 saturated heterocycles. The number of amides is 3. The van der Waals surface area contributed by atoms with E-state index in [4.69, 9.17) is 4.74 Å². The highest BCUT2D eigenvalue weighted by atomic mass is 16.5. The first-order valence-corrected chi connectivity index (χ1v) is 10.1. The molecule has 3 atom stereocenters. The lowest BCUT2D eigenvalue weighted by molar-refractivity contribution is -0.129. The summed E-state index contributed by atoms with van der Waals surface area (Å²) in [4.78, 5) is 27.7. The summed E-state index contributed by atoms with van der Waals surface area (Å²) in [6, 6.07) is 17.2. The molecule has 0 saturated carbocycles. The summed E-state index contributed by atoms with van der Waals surface area (Å²) in [5.41, 5.74) is 3.12. The summed E-state index contributed by atoms with van der Waals surface area (Å²) < 4.78 is 6.12. The van der Waals surface area contributed by atoms with Gasteiger partial charge in [-0.15, -0.1) is 0 Å². The number of imide groups is 1. The fourth-order valence-corrected chi connectivity index (χ4v) is 4.19. The van der Waals surface area contributed by atoms with Gasteiger partial charge in [0, 0.05) is 6.54 Å². The van der Waals surface area contributed by atoms with Gasteiger partial charge in [-0.2, -0.15) is 0 Å². The number of carbonyl (C=O) groups is 2. The summed E-state index contributed by atoms with van der Waals surface area (Å²) in [5, 5.41) is 10.5. The number of β-amino-alcohol motifs (C(OH)–C–C–N with tert-alkyl or cyclic N) is 1. The van der Waals surface area contributed by atoms with Crippen molar-refractivity contribution >= 4 is 11.9 Å². The van der Waals surface area contributed by atoms with E-state index in [1.54, 1.807) is 4.90 Å². The quantitative estimate of drug-likeness (QED) is 0.733. The standard InChI is InChI=1S/C23H26N2O4/c1-16-8-5-6-11-19(16)21(17-9-3-2-4-10-17)29-15-18(26)14-25-22(27)20-12-7-13-24(20)23(25)28/h2-6,8-11,18,20-21,26H,7,12-15H2,1H3/t18-,20+,21-/m1/s1. The van der Waals surface area contributed by atoms with Crippen LogP contribution in [0, 0.1) is 6.92 Å². The van der Waals surface area contributed by atoms with Crippen LogP contribution in [0.1, 0.15) is 35.6 Å². The first kappa shape index (κ1) is 19.6. The van der Waals surface area contributed by atoms with Crippen LogP contribution < -0.4 is 0 Å². The van der Waals surface area contributed by atoms with Crippen LogP contribution in [0.5, 0.6) is 0 Å². The summed E-state index contributed by atoms with van der Waals surface area (Å²) in [5.74, 6) is -0.204. The van der Waals surface area contributed by atoms with Gasteiger partial charge in [0.15, 0.2) is 0 Å². The Bertz CT molecular complexity index is 863. The molecular weight excluding hydrogens is 368 g/mol. The predicted octanol–water partition coefficient (Wildman–Crippen LogP) is 2.89. The van der Waals surface area contributed by atoms with Crippen molar-refractivity contribution in [3.63, 3.8) is 0 Å². The molecule has 6 heteroatoms. The zero-order valence-corrected chi connectivity index (χ0v) is 16.5. The second kappa shape index (κ2) is 8.35. The monoisotopic (exact) mass is 394 g/mol. The third-order valence-corrected chi connectivity index (χ3v) is 5.70. The summed E-state index contributed by atoms with van der Waals surface area (Å²) in [6.07, 6.45) is 0.284. The smallest absolute Gasteiger partial charge is 0.327 e. The van der Waals surface area contributed by atoms with Crippen molar-refractivity contribution in [3.8, 4) is 0 Å². The van der Waals surface area contributed by atoms with E-state index in [0.29, 0.717) is 13.0 Å². The Hall–Kier alpha value is -2.70. The van der Waals surface area contributed by atoms with Gasteiger partial charge < -0.3 is 14.7 Å². The number of hydrogen-bond acceptors (Lipinski definition) is 4. The number of aliphatic hydroxyl groups excluding tert-OH is 1. The summed E-state index contributed by atoms with van der Waals surface area (Å²) >= 11 is 0. The average molecular weight is 394 g/mol. The van der Waals surface area contributed by atoms with Crippen molar-refractivity contribution in [3.05, 3.63) is 71.3 Å². The Kier molecular flexibility index (Phi) is 5.65. The Morgan fingerprint density at radius 1 is 1.10 bits per heavy atom. The van der Waals surface area contributed by atoms with Gasteiger partial charge in [0.1, 0.15) is 12.1 Å². The van der Waals surface area contributed by atoms with Gasteiger partial charge in [-0.25, -0.2) is 4.79 Å². The largest absolute Gasteiger partial charge is 0.389 e. The van der Waals surface area contributed by atoms with E-state index in [9.17, 15) is 14.7 Å². The molecule has 4 rings (SSSR count). The van der Waals surface area contributed by atoms with Gasteiger partial charge in [0.25, 0.3) is 5.91 Å². The molecule has 2 heterocycles. The molecule has 2 aromatic carbocycles. The second-order valence-corrected chi connectivity index (χ2v) is 7.72. The molecule has 2 fully saturated rings. The molecule has 0 bridgehead atoms. The Morgan fingerprint density at radius 2 is 1.83 bits per heavy atom. The summed E-state index contributed by atoms with van der Waals surface area (Å²) in [7, 11) is 0. The van der Waals surface area contributed by atoms with E-state index in [1.165, 1.54) is 4.90 Å². The molecule has 0 unspecified atom stereocenters. The number of aryl methyl sites for hydroxylation is 1. The number of benzene rings is 2. The number of carbonyl (C=O) groups excluding carboxylic acids is 2. The minimum Gasteiger partial charge on any atom is -0.389 e. The van der Waals surface area contributed by atoms with Crippen LogP contribution in [-0.2, 0) is 9.53 Å². The number of rotatable bonds is 7. The Morgan fingerprint density at radius 3 is 2.55 bits per heavy atom. The minimum atomic E-state index is -0.946. The van der Waals surface area contributed by atoms with Crippen molar-refractivity contribution in [2.45, 2.75) is 38.0 Å². The maximum absolute atomic E-state index is 12.5. The predicted molar refractivity (Wildman–Crippen MR) is 108 cm³/mol. The van der Waals surface area contributed by atoms with Crippen LogP contribution in [0.4, 0.5) is 4.79 Å². The number of urea groups is 1. The highest BCUT2D eigenvalue weighted by Gasteiger charge is 2.47. The molecule has 2 aliphatic rings. The first-order valence-electron chi connectivity index (χ1n) is 10.1. The molecule has 29 heavy (non-hydrogen) atoms. The second-order valence-electron chi connectivity index (χ2n) is 7.72. The Labute approximate surface area is 170 Å². The molecular formula is C23H26N2O4. The van der Waals surface area contributed by atoms with Gasteiger partial charge in [-0.3, -0.25) is 9.69 Å². The summed E-state index contributed by atoms with van der Waals surface area (Å²) in [6.45, 7) is 2.62. The van der Waals surface area contributed by atoms with E-state index in [2.05, 4.69) is 0 Å². The topological polar surface area (TPSA) is 70.1 Å². The number of nitrogens with zero attached hydrogens (tertiary/aromatic N) is 2. The lowest BCUT2D eigenvalue weighted by atomic mass is 9.97. The highest BCUT2D eigenvalue weighted by Crippen LogP contribution is 2.30. The van der Waals surface area contributed by atoms with Crippen LogP contribution in [-0.4, -0.2) is 58.7 Å². The van der Waals surface area contributed by atoms with Crippen LogP contribution in [0.25, 0.3) is 0 Å². The zero-order chi connectivity index (χ0) is 20.4. The van der Waals surface area contributed by atoms with E-state index in [1.807, 2.05) is 61.5 Å². The number of fused-ring (bicyclic) bond motifs is 1.